The molecule has 0 unspecified atom stereocenters. The fourth-order valence-electron chi connectivity index (χ4n) is 4.44. The SMILES string of the molecule is Cc1ncsc1-c1ccc([C@H](C)NC(=O)[C@@H]2[C@@H](F)[C@@H](O)CN2C(=O)[C@@H](NC(C)(C)C)C(C)(C)C)cc1. The van der Waals surface area contributed by atoms with Crippen LogP contribution in [0.15, 0.2) is 29.8 Å². The third-order valence-corrected chi connectivity index (χ3v) is 7.39. The van der Waals surface area contributed by atoms with Crippen molar-refractivity contribution in [2.45, 2.75) is 91.3 Å². The van der Waals surface area contributed by atoms with E-state index in [9.17, 15) is 14.7 Å². The molecule has 2 heterocycles. The average Bonchev–Trinajstić information content (AvgIpc) is 3.33. The highest BCUT2D eigenvalue weighted by Crippen LogP contribution is 2.30. The highest BCUT2D eigenvalue weighted by atomic mass is 32.1. The van der Waals surface area contributed by atoms with Gasteiger partial charge in [0, 0.05) is 5.54 Å². The first-order valence-corrected chi connectivity index (χ1v) is 13.2. The van der Waals surface area contributed by atoms with Gasteiger partial charge < -0.3 is 20.6 Å². The maximum atomic E-state index is 15.1. The standard InChI is InChI=1S/C27H39FN4O3S/c1-15(17-9-11-18(12-10-17)22-16(2)29-14-36-22)30-24(34)21-20(28)19(33)13-32(21)25(35)23(26(3,4)5)31-27(6,7)8/h9-12,14-15,19-21,23,31,33H,13H2,1-8H3,(H,30,34)/t15-,19-,20-,21-,23+/m0/s1. The molecule has 0 saturated carbocycles. The Kier molecular flexibility index (Phi) is 8.27. The predicted molar refractivity (Wildman–Crippen MR) is 141 cm³/mol. The van der Waals surface area contributed by atoms with Crippen LogP contribution in [-0.4, -0.2) is 63.2 Å². The normalized spacial score (nSPS) is 22.4. The zero-order chi connectivity index (χ0) is 27.0. The van der Waals surface area contributed by atoms with Crippen molar-refractivity contribution in [2.75, 3.05) is 6.54 Å². The second kappa shape index (κ2) is 10.6. The highest BCUT2D eigenvalue weighted by Gasteiger charge is 2.51. The number of nitrogens with one attached hydrogen (secondary N) is 2. The van der Waals surface area contributed by atoms with E-state index in [1.54, 1.807) is 16.8 Å². The second-order valence-electron chi connectivity index (χ2n) is 11.8. The number of amides is 2. The molecular weight excluding hydrogens is 479 g/mol. The third kappa shape index (κ3) is 6.30. The quantitative estimate of drug-likeness (QED) is 0.537. The Bertz CT molecular complexity index is 1070. The number of nitrogens with zero attached hydrogens (tertiary/aromatic N) is 2. The summed E-state index contributed by atoms with van der Waals surface area (Å²) in [6.45, 7) is 15.1. The molecule has 1 aromatic heterocycles. The van der Waals surface area contributed by atoms with Gasteiger partial charge in [0.15, 0.2) is 6.17 Å². The van der Waals surface area contributed by atoms with Crippen LogP contribution in [-0.2, 0) is 9.59 Å². The van der Waals surface area contributed by atoms with E-state index in [-0.39, 0.29) is 12.1 Å². The number of carbonyl (C=O) groups is 2. The van der Waals surface area contributed by atoms with E-state index < -0.39 is 47.6 Å². The fraction of sp³-hybridized carbons (Fsp3) is 0.593. The minimum absolute atomic E-state index is 0.228. The first kappa shape index (κ1) is 28.2. The summed E-state index contributed by atoms with van der Waals surface area (Å²) in [6, 6.07) is 5.30. The summed E-state index contributed by atoms with van der Waals surface area (Å²) in [6.07, 6.45) is -3.29. The van der Waals surface area contributed by atoms with Crippen LogP contribution in [0.3, 0.4) is 0 Å². The summed E-state index contributed by atoms with van der Waals surface area (Å²) >= 11 is 1.57. The van der Waals surface area contributed by atoms with Crippen molar-refractivity contribution < 1.29 is 19.1 Å². The number of aromatic nitrogens is 1. The van der Waals surface area contributed by atoms with Crippen molar-refractivity contribution in [1.29, 1.82) is 0 Å². The Balaban J connectivity index is 1.78. The van der Waals surface area contributed by atoms with Crippen LogP contribution in [0.25, 0.3) is 10.4 Å². The number of β-amino-alcohol motifs (C(OH)–C–C–N with tert-alkyl or cyclic N) is 1. The molecular formula is C27H39FN4O3S. The highest BCUT2D eigenvalue weighted by molar-refractivity contribution is 7.13. The number of hydrogen-bond donors (Lipinski definition) is 3. The zero-order valence-corrected chi connectivity index (χ0v) is 23.2. The number of alkyl halides is 1. The Morgan fingerprint density at radius 2 is 1.78 bits per heavy atom. The van der Waals surface area contributed by atoms with Gasteiger partial charge in [-0.25, -0.2) is 9.37 Å². The van der Waals surface area contributed by atoms with Crippen molar-refractivity contribution >= 4 is 23.2 Å². The number of rotatable bonds is 6. The van der Waals surface area contributed by atoms with Gasteiger partial charge in [0.2, 0.25) is 11.8 Å². The molecule has 0 bridgehead atoms. The maximum Gasteiger partial charge on any atom is 0.246 e. The van der Waals surface area contributed by atoms with Gasteiger partial charge in [0.25, 0.3) is 0 Å². The molecule has 198 valence electrons. The first-order valence-electron chi connectivity index (χ1n) is 12.3. The monoisotopic (exact) mass is 518 g/mol. The van der Waals surface area contributed by atoms with Gasteiger partial charge in [0.1, 0.15) is 12.1 Å². The molecule has 1 fully saturated rings. The van der Waals surface area contributed by atoms with Crippen molar-refractivity contribution in [3.63, 3.8) is 0 Å². The maximum absolute atomic E-state index is 15.1. The summed E-state index contributed by atoms with van der Waals surface area (Å²) in [5.41, 5.74) is 3.79. The Hall–Kier alpha value is -2.36. The molecule has 1 saturated heterocycles. The van der Waals surface area contributed by atoms with Crippen molar-refractivity contribution in [2.24, 2.45) is 5.41 Å². The first-order chi connectivity index (χ1) is 16.6. The number of benzene rings is 1. The van der Waals surface area contributed by atoms with Crippen LogP contribution in [0.2, 0.25) is 0 Å². The number of thiazole rings is 1. The van der Waals surface area contributed by atoms with E-state index in [1.165, 1.54) is 4.90 Å². The second-order valence-corrected chi connectivity index (χ2v) is 12.6. The van der Waals surface area contributed by atoms with Gasteiger partial charge in [-0.2, -0.15) is 0 Å². The lowest BCUT2D eigenvalue weighted by atomic mass is 9.84. The number of halogens is 1. The summed E-state index contributed by atoms with van der Waals surface area (Å²) < 4.78 is 15.1. The molecule has 0 aliphatic carbocycles. The lowest BCUT2D eigenvalue weighted by Gasteiger charge is -2.39. The van der Waals surface area contributed by atoms with Crippen LogP contribution >= 0.6 is 11.3 Å². The van der Waals surface area contributed by atoms with Gasteiger partial charge in [-0.15, -0.1) is 11.3 Å². The molecule has 7 nitrogen and oxygen atoms in total. The third-order valence-electron chi connectivity index (χ3n) is 6.41. The predicted octanol–water partition coefficient (Wildman–Crippen LogP) is 4.01. The summed E-state index contributed by atoms with van der Waals surface area (Å²) in [5.74, 6) is -1.01. The van der Waals surface area contributed by atoms with Gasteiger partial charge in [-0.3, -0.25) is 9.59 Å². The minimum atomic E-state index is -1.87. The Labute approximate surface area is 217 Å². The lowest BCUT2D eigenvalue weighted by Crippen LogP contribution is -2.61. The van der Waals surface area contributed by atoms with Gasteiger partial charge in [0.05, 0.1) is 34.7 Å². The Morgan fingerprint density at radius 1 is 1.17 bits per heavy atom. The van der Waals surface area contributed by atoms with Crippen LogP contribution in [0.1, 0.15) is 65.8 Å². The van der Waals surface area contributed by atoms with E-state index in [1.807, 2.05) is 79.7 Å². The smallest absolute Gasteiger partial charge is 0.246 e. The van der Waals surface area contributed by atoms with Gasteiger partial charge in [-0.05, 0) is 51.2 Å². The molecule has 2 aromatic rings. The lowest BCUT2D eigenvalue weighted by molar-refractivity contribution is -0.144. The summed E-state index contributed by atoms with van der Waals surface area (Å²) in [7, 11) is 0. The average molecular weight is 519 g/mol. The fourth-order valence-corrected chi connectivity index (χ4v) is 5.25. The van der Waals surface area contributed by atoms with Crippen molar-refractivity contribution in [1.82, 2.24) is 20.5 Å². The molecule has 5 atom stereocenters. The molecule has 3 rings (SSSR count). The number of aliphatic hydroxyl groups excluding tert-OH is 1. The van der Waals surface area contributed by atoms with Gasteiger partial charge in [-0.1, -0.05) is 45.0 Å². The molecule has 9 heteroatoms. The number of hydrogen-bond acceptors (Lipinski definition) is 6. The number of aryl methyl sites for hydroxylation is 1. The molecule has 3 N–H and O–H groups in total. The van der Waals surface area contributed by atoms with E-state index in [4.69, 9.17) is 0 Å². The van der Waals surface area contributed by atoms with Crippen LogP contribution in [0, 0.1) is 12.3 Å². The van der Waals surface area contributed by atoms with Crippen molar-refractivity contribution in [3.05, 3.63) is 41.0 Å². The topological polar surface area (TPSA) is 94.6 Å². The van der Waals surface area contributed by atoms with Crippen LogP contribution < -0.4 is 10.6 Å². The molecule has 0 radical (unpaired) electrons. The largest absolute Gasteiger partial charge is 0.388 e. The molecule has 2 amide bonds. The van der Waals surface area contributed by atoms with Crippen LogP contribution in [0.5, 0.6) is 0 Å². The van der Waals surface area contributed by atoms with E-state index in [0.29, 0.717) is 0 Å². The molecule has 1 aliphatic rings. The number of aliphatic hydroxyl groups is 1. The molecule has 1 aromatic carbocycles. The van der Waals surface area contributed by atoms with Gasteiger partial charge >= 0.3 is 0 Å². The zero-order valence-electron chi connectivity index (χ0n) is 22.4. The van der Waals surface area contributed by atoms with E-state index in [0.717, 1.165) is 21.7 Å². The number of likely N-dealkylation sites (tertiary alicyclic amines) is 1. The van der Waals surface area contributed by atoms with E-state index in [2.05, 4.69) is 15.6 Å². The molecule has 1 aliphatic heterocycles. The molecule has 0 spiro atoms. The van der Waals surface area contributed by atoms with Crippen LogP contribution in [0.4, 0.5) is 4.39 Å². The summed E-state index contributed by atoms with van der Waals surface area (Å²) in [4.78, 5) is 33.5. The minimum Gasteiger partial charge on any atom is -0.388 e. The number of carbonyl (C=O) groups excluding carboxylic acids is 2. The summed E-state index contributed by atoms with van der Waals surface area (Å²) in [5, 5.41) is 16.4. The Morgan fingerprint density at radius 3 is 2.28 bits per heavy atom. The van der Waals surface area contributed by atoms with Crippen molar-refractivity contribution in [3.8, 4) is 10.4 Å². The van der Waals surface area contributed by atoms with E-state index >= 15 is 4.39 Å². The molecule has 36 heavy (non-hydrogen) atoms.